The first kappa shape index (κ1) is 18.6. The molecule has 2 fully saturated rings. The maximum Gasteiger partial charge on any atom is 0.252 e. The van der Waals surface area contributed by atoms with Crippen LogP contribution < -0.4 is 10.6 Å². The zero-order valence-electron chi connectivity index (χ0n) is 15.9. The lowest BCUT2D eigenvalue weighted by Crippen LogP contribution is -2.25. The van der Waals surface area contributed by atoms with E-state index in [1.165, 1.54) is 25.1 Å². The van der Waals surface area contributed by atoms with Crippen molar-refractivity contribution in [3.8, 4) is 11.3 Å². The zero-order valence-corrected chi connectivity index (χ0v) is 15.9. The third-order valence-electron chi connectivity index (χ3n) is 5.36. The summed E-state index contributed by atoms with van der Waals surface area (Å²) in [5.41, 5.74) is 2.28. The number of nitrogens with one attached hydrogen (secondary N) is 2. The van der Waals surface area contributed by atoms with Crippen molar-refractivity contribution in [2.45, 2.75) is 45.1 Å². The summed E-state index contributed by atoms with van der Waals surface area (Å²) in [6.45, 7) is 2.33. The minimum absolute atomic E-state index is 0.153. The fourth-order valence-electron chi connectivity index (χ4n) is 3.16. The summed E-state index contributed by atoms with van der Waals surface area (Å²) in [4.78, 5) is 28.8. The SMILES string of the molecule is Cc1c(F)cc(C(=O)NC2CC2)cc1-c1ccc(C(=O)NCCC2CC2)cn1. The van der Waals surface area contributed by atoms with Crippen LogP contribution in [-0.2, 0) is 0 Å². The van der Waals surface area contributed by atoms with Gasteiger partial charge in [0.2, 0.25) is 0 Å². The van der Waals surface area contributed by atoms with Crippen LogP contribution >= 0.6 is 0 Å². The number of benzene rings is 1. The standard InChI is InChI=1S/C22H24FN3O2/c1-13-18(10-16(11-19(13)23)22(28)26-17-5-6-17)20-7-4-15(12-25-20)21(27)24-9-8-14-2-3-14/h4,7,10-12,14,17H,2-3,5-6,8-9H2,1H3,(H,24,27)(H,26,28). The number of pyridine rings is 1. The van der Waals surface area contributed by atoms with E-state index in [1.54, 1.807) is 25.1 Å². The van der Waals surface area contributed by atoms with Gasteiger partial charge in [-0.1, -0.05) is 12.8 Å². The summed E-state index contributed by atoms with van der Waals surface area (Å²) >= 11 is 0. The van der Waals surface area contributed by atoms with Crippen LogP contribution in [0, 0.1) is 18.7 Å². The third-order valence-corrected chi connectivity index (χ3v) is 5.36. The molecule has 2 aliphatic carbocycles. The molecule has 28 heavy (non-hydrogen) atoms. The van der Waals surface area contributed by atoms with Crippen LogP contribution in [0.25, 0.3) is 11.3 Å². The van der Waals surface area contributed by atoms with Gasteiger partial charge < -0.3 is 10.6 Å². The van der Waals surface area contributed by atoms with Crippen molar-refractivity contribution >= 4 is 11.8 Å². The largest absolute Gasteiger partial charge is 0.352 e. The molecule has 0 atom stereocenters. The molecule has 1 heterocycles. The highest BCUT2D eigenvalue weighted by atomic mass is 19.1. The van der Waals surface area contributed by atoms with E-state index < -0.39 is 5.82 Å². The Kier molecular flexibility index (Phi) is 5.11. The number of carbonyl (C=O) groups is 2. The summed E-state index contributed by atoms with van der Waals surface area (Å²) in [5.74, 6) is -0.0975. The topological polar surface area (TPSA) is 71.1 Å². The molecule has 2 N–H and O–H groups in total. The lowest BCUT2D eigenvalue weighted by atomic mass is 10.00. The van der Waals surface area contributed by atoms with Crippen LogP contribution in [0.1, 0.15) is 58.4 Å². The van der Waals surface area contributed by atoms with E-state index in [1.807, 2.05) is 0 Å². The Morgan fingerprint density at radius 2 is 1.89 bits per heavy atom. The monoisotopic (exact) mass is 381 g/mol. The second kappa shape index (κ2) is 7.70. The Morgan fingerprint density at radius 1 is 1.11 bits per heavy atom. The van der Waals surface area contributed by atoms with E-state index in [-0.39, 0.29) is 23.4 Å². The van der Waals surface area contributed by atoms with E-state index in [9.17, 15) is 14.0 Å². The average Bonchev–Trinajstić information content (AvgIpc) is 3.60. The Balaban J connectivity index is 1.50. The Hall–Kier alpha value is -2.76. The first-order chi connectivity index (χ1) is 13.5. The molecule has 2 aliphatic rings. The zero-order chi connectivity index (χ0) is 19.7. The Labute approximate surface area is 163 Å². The molecular weight excluding hydrogens is 357 g/mol. The van der Waals surface area contributed by atoms with Crippen molar-refractivity contribution < 1.29 is 14.0 Å². The number of hydrogen-bond donors (Lipinski definition) is 2. The summed E-state index contributed by atoms with van der Waals surface area (Å²) in [7, 11) is 0. The maximum absolute atomic E-state index is 14.4. The summed E-state index contributed by atoms with van der Waals surface area (Å²) < 4.78 is 14.4. The van der Waals surface area contributed by atoms with Gasteiger partial charge in [-0.05, 0) is 61.9 Å². The van der Waals surface area contributed by atoms with Crippen LogP contribution in [0.3, 0.4) is 0 Å². The van der Waals surface area contributed by atoms with E-state index in [0.717, 1.165) is 25.2 Å². The molecule has 4 rings (SSSR count). The molecular formula is C22H24FN3O2. The molecule has 2 amide bonds. The number of amides is 2. The van der Waals surface area contributed by atoms with Gasteiger partial charge in [0.15, 0.2) is 0 Å². The van der Waals surface area contributed by atoms with Gasteiger partial charge in [0.25, 0.3) is 11.8 Å². The molecule has 146 valence electrons. The molecule has 6 heteroatoms. The molecule has 1 aromatic carbocycles. The van der Waals surface area contributed by atoms with Crippen LogP contribution in [-0.4, -0.2) is 29.4 Å². The molecule has 2 saturated carbocycles. The van der Waals surface area contributed by atoms with Gasteiger partial charge in [-0.25, -0.2) is 4.39 Å². The summed E-state index contributed by atoms with van der Waals surface area (Å²) in [6, 6.07) is 6.51. The van der Waals surface area contributed by atoms with Gasteiger partial charge in [0, 0.05) is 29.9 Å². The lowest BCUT2D eigenvalue weighted by molar-refractivity contribution is 0.0943. The Bertz CT molecular complexity index is 903. The number of carbonyl (C=O) groups excluding carboxylic acids is 2. The highest BCUT2D eigenvalue weighted by Gasteiger charge is 2.25. The summed E-state index contributed by atoms with van der Waals surface area (Å²) in [5, 5.41) is 5.78. The molecule has 0 aliphatic heterocycles. The van der Waals surface area contributed by atoms with Crippen LogP contribution in [0.15, 0.2) is 30.5 Å². The van der Waals surface area contributed by atoms with Gasteiger partial charge in [-0.3, -0.25) is 14.6 Å². The van der Waals surface area contributed by atoms with Crippen molar-refractivity contribution in [1.29, 1.82) is 0 Å². The highest BCUT2D eigenvalue weighted by molar-refractivity contribution is 5.96. The fourth-order valence-corrected chi connectivity index (χ4v) is 3.16. The van der Waals surface area contributed by atoms with Gasteiger partial charge in [0.05, 0.1) is 11.3 Å². The molecule has 0 unspecified atom stereocenters. The lowest BCUT2D eigenvalue weighted by Gasteiger charge is -2.11. The van der Waals surface area contributed by atoms with Crippen LogP contribution in [0.4, 0.5) is 4.39 Å². The third kappa shape index (κ3) is 4.38. The fraction of sp³-hybridized carbons (Fsp3) is 0.409. The first-order valence-electron chi connectivity index (χ1n) is 9.87. The quantitative estimate of drug-likeness (QED) is 0.770. The van der Waals surface area contributed by atoms with E-state index >= 15 is 0 Å². The van der Waals surface area contributed by atoms with Crippen molar-refractivity contribution in [2.75, 3.05) is 6.54 Å². The molecule has 0 saturated heterocycles. The van der Waals surface area contributed by atoms with Crippen LogP contribution in [0.2, 0.25) is 0 Å². The number of rotatable bonds is 7. The Morgan fingerprint density at radius 3 is 2.54 bits per heavy atom. The second-order valence-corrected chi connectivity index (χ2v) is 7.80. The number of aromatic nitrogens is 1. The van der Waals surface area contributed by atoms with E-state index in [4.69, 9.17) is 0 Å². The van der Waals surface area contributed by atoms with Gasteiger partial charge in [-0.15, -0.1) is 0 Å². The van der Waals surface area contributed by atoms with Gasteiger partial charge in [-0.2, -0.15) is 0 Å². The molecule has 0 bridgehead atoms. The minimum Gasteiger partial charge on any atom is -0.352 e. The predicted molar refractivity (Wildman–Crippen MR) is 105 cm³/mol. The average molecular weight is 381 g/mol. The smallest absolute Gasteiger partial charge is 0.252 e. The maximum atomic E-state index is 14.4. The van der Waals surface area contributed by atoms with E-state index in [2.05, 4.69) is 15.6 Å². The predicted octanol–water partition coefficient (Wildman–Crippen LogP) is 3.62. The van der Waals surface area contributed by atoms with E-state index in [0.29, 0.717) is 28.9 Å². The van der Waals surface area contributed by atoms with Crippen molar-refractivity contribution in [3.63, 3.8) is 0 Å². The van der Waals surface area contributed by atoms with Crippen LogP contribution in [0.5, 0.6) is 0 Å². The number of hydrogen-bond acceptors (Lipinski definition) is 3. The second-order valence-electron chi connectivity index (χ2n) is 7.80. The first-order valence-corrected chi connectivity index (χ1v) is 9.87. The van der Waals surface area contributed by atoms with Gasteiger partial charge in [0.1, 0.15) is 5.82 Å². The minimum atomic E-state index is -0.442. The normalized spacial score (nSPS) is 15.9. The number of halogens is 1. The van der Waals surface area contributed by atoms with Gasteiger partial charge >= 0.3 is 0 Å². The molecule has 0 radical (unpaired) electrons. The summed E-state index contributed by atoms with van der Waals surface area (Å²) in [6.07, 6.45) is 6.98. The highest BCUT2D eigenvalue weighted by Crippen LogP contribution is 2.31. The molecule has 2 aromatic rings. The number of nitrogens with zero attached hydrogens (tertiary/aromatic N) is 1. The van der Waals surface area contributed by atoms with Crippen molar-refractivity contribution in [3.05, 3.63) is 53.0 Å². The molecule has 1 aromatic heterocycles. The molecule has 5 nitrogen and oxygen atoms in total. The molecule has 0 spiro atoms. The van der Waals surface area contributed by atoms with Crippen molar-refractivity contribution in [2.24, 2.45) is 5.92 Å². The van der Waals surface area contributed by atoms with Crippen molar-refractivity contribution in [1.82, 2.24) is 15.6 Å².